The fourth-order valence-electron chi connectivity index (χ4n) is 2.70. The number of hydrogen-bond acceptors (Lipinski definition) is 6. The zero-order valence-electron chi connectivity index (χ0n) is 16.6. The van der Waals surface area contributed by atoms with Crippen molar-refractivity contribution in [2.24, 2.45) is 0 Å². The second-order valence-electron chi connectivity index (χ2n) is 6.73. The smallest absolute Gasteiger partial charge is 0.328 e. The average molecular weight is 393 g/mol. The highest BCUT2D eigenvalue weighted by Crippen LogP contribution is 2.17. The van der Waals surface area contributed by atoms with E-state index in [1.807, 2.05) is 37.3 Å². The van der Waals surface area contributed by atoms with Gasteiger partial charge in [-0.2, -0.15) is 4.98 Å². The molecule has 0 aliphatic carbocycles. The quantitative estimate of drug-likeness (QED) is 0.618. The Balaban J connectivity index is 1.53. The number of benzene rings is 2. The monoisotopic (exact) mass is 393 g/mol. The minimum Gasteiger partial charge on any atom is -0.454 e. The van der Waals surface area contributed by atoms with Gasteiger partial charge in [0.05, 0.1) is 0 Å². The van der Waals surface area contributed by atoms with Crippen molar-refractivity contribution in [3.05, 3.63) is 71.1 Å². The molecule has 2 aromatic carbocycles. The number of esters is 1. The van der Waals surface area contributed by atoms with Crippen LogP contribution in [0.25, 0.3) is 11.4 Å². The van der Waals surface area contributed by atoms with Crippen LogP contribution < -0.4 is 5.32 Å². The Morgan fingerprint density at radius 3 is 2.62 bits per heavy atom. The Kier molecular flexibility index (Phi) is 6.39. The van der Waals surface area contributed by atoms with Gasteiger partial charge < -0.3 is 14.6 Å². The van der Waals surface area contributed by atoms with E-state index >= 15 is 0 Å². The van der Waals surface area contributed by atoms with Gasteiger partial charge >= 0.3 is 5.97 Å². The third kappa shape index (κ3) is 5.28. The molecule has 0 saturated carbocycles. The van der Waals surface area contributed by atoms with Crippen molar-refractivity contribution in [1.82, 2.24) is 15.5 Å². The van der Waals surface area contributed by atoms with E-state index in [1.54, 1.807) is 25.1 Å². The third-order valence-electron chi connectivity index (χ3n) is 4.41. The predicted octanol–water partition coefficient (Wildman–Crippen LogP) is 3.47. The maximum atomic E-state index is 12.2. The zero-order valence-corrected chi connectivity index (χ0v) is 16.6. The molecule has 0 radical (unpaired) electrons. The van der Waals surface area contributed by atoms with Gasteiger partial charge in [0.2, 0.25) is 5.82 Å². The average Bonchev–Trinajstić information content (AvgIpc) is 3.21. The van der Waals surface area contributed by atoms with Crippen molar-refractivity contribution < 1.29 is 18.8 Å². The summed E-state index contributed by atoms with van der Waals surface area (Å²) < 4.78 is 10.3. The van der Waals surface area contributed by atoms with Gasteiger partial charge in [-0.25, -0.2) is 4.79 Å². The minimum atomic E-state index is -0.813. The van der Waals surface area contributed by atoms with Crippen LogP contribution >= 0.6 is 0 Å². The van der Waals surface area contributed by atoms with E-state index < -0.39 is 12.0 Å². The lowest BCUT2D eigenvalue weighted by Crippen LogP contribution is -2.39. The van der Waals surface area contributed by atoms with Crippen molar-refractivity contribution in [1.29, 1.82) is 0 Å². The van der Waals surface area contributed by atoms with Gasteiger partial charge in [-0.05, 0) is 38.0 Å². The van der Waals surface area contributed by atoms with E-state index in [4.69, 9.17) is 9.26 Å². The van der Waals surface area contributed by atoms with Gasteiger partial charge in [-0.15, -0.1) is 0 Å². The summed E-state index contributed by atoms with van der Waals surface area (Å²) in [5, 5.41) is 6.54. The molecule has 150 valence electrons. The summed E-state index contributed by atoms with van der Waals surface area (Å²) in [6, 6.07) is 14.2. The van der Waals surface area contributed by atoms with E-state index in [-0.39, 0.29) is 18.4 Å². The van der Waals surface area contributed by atoms with Gasteiger partial charge in [0.1, 0.15) is 6.04 Å². The van der Waals surface area contributed by atoms with Crippen molar-refractivity contribution in [2.75, 3.05) is 0 Å². The summed E-state index contributed by atoms with van der Waals surface area (Å²) in [6.45, 7) is 5.37. The minimum absolute atomic E-state index is 0.163. The van der Waals surface area contributed by atoms with Crippen LogP contribution in [-0.4, -0.2) is 28.1 Å². The second-order valence-corrected chi connectivity index (χ2v) is 6.73. The number of aromatic nitrogens is 2. The number of nitrogens with one attached hydrogen (secondary N) is 1. The summed E-state index contributed by atoms with van der Waals surface area (Å²) in [5.74, 6) is -0.309. The Hall–Kier alpha value is -3.48. The first-order chi connectivity index (χ1) is 14.0. The molecule has 1 aromatic heterocycles. The van der Waals surface area contributed by atoms with Crippen molar-refractivity contribution in [3.63, 3.8) is 0 Å². The highest BCUT2D eigenvalue weighted by molar-refractivity contribution is 5.96. The lowest BCUT2D eigenvalue weighted by Gasteiger charge is -2.12. The number of ether oxygens (including phenoxy) is 1. The highest BCUT2D eigenvalue weighted by Gasteiger charge is 2.19. The van der Waals surface area contributed by atoms with Crippen molar-refractivity contribution in [2.45, 2.75) is 39.8 Å². The van der Waals surface area contributed by atoms with Crippen LogP contribution in [0.1, 0.15) is 41.2 Å². The molecule has 1 N–H and O–H groups in total. The molecule has 7 nitrogen and oxygen atoms in total. The summed E-state index contributed by atoms with van der Waals surface area (Å²) >= 11 is 0. The number of rotatable bonds is 7. The molecule has 0 saturated heterocycles. The number of carbonyl (C=O) groups is 2. The van der Waals surface area contributed by atoms with E-state index in [0.717, 1.165) is 17.5 Å². The molecule has 29 heavy (non-hydrogen) atoms. The van der Waals surface area contributed by atoms with Gasteiger partial charge in [0.25, 0.3) is 11.8 Å². The first-order valence-corrected chi connectivity index (χ1v) is 9.42. The fourth-order valence-corrected chi connectivity index (χ4v) is 2.70. The molecule has 1 amide bonds. The largest absolute Gasteiger partial charge is 0.454 e. The number of amides is 1. The molecule has 1 atom stereocenters. The molecule has 0 spiro atoms. The second kappa shape index (κ2) is 9.14. The highest BCUT2D eigenvalue weighted by atomic mass is 16.6. The Labute approximate surface area is 169 Å². The lowest BCUT2D eigenvalue weighted by atomic mass is 10.1. The topological polar surface area (TPSA) is 94.3 Å². The maximum absolute atomic E-state index is 12.2. The van der Waals surface area contributed by atoms with Crippen LogP contribution in [0.4, 0.5) is 0 Å². The fraction of sp³-hybridized carbons (Fsp3) is 0.273. The Bertz CT molecular complexity index is 995. The van der Waals surface area contributed by atoms with E-state index in [9.17, 15) is 9.59 Å². The van der Waals surface area contributed by atoms with E-state index in [1.165, 1.54) is 5.56 Å². The van der Waals surface area contributed by atoms with E-state index in [0.29, 0.717) is 11.4 Å². The van der Waals surface area contributed by atoms with Crippen LogP contribution in [0, 0.1) is 6.92 Å². The normalized spacial score (nSPS) is 11.7. The molecule has 0 unspecified atom stereocenters. The predicted molar refractivity (Wildman–Crippen MR) is 107 cm³/mol. The van der Waals surface area contributed by atoms with Gasteiger partial charge in [0.15, 0.2) is 6.61 Å². The van der Waals surface area contributed by atoms with Gasteiger partial charge in [-0.1, -0.05) is 54.0 Å². The standard InChI is InChI=1S/C22H23N3O4/c1-4-16-8-10-17(11-9-16)20-24-19(29-25-20)13-28-22(27)15(3)23-21(26)18-7-5-6-14(2)12-18/h5-12,15H,4,13H2,1-3H3,(H,23,26)/t15-/m0/s1. The van der Waals surface area contributed by atoms with Crippen LogP contribution in [-0.2, 0) is 22.6 Å². The molecule has 0 aliphatic heterocycles. The summed E-state index contributed by atoms with van der Waals surface area (Å²) in [5.41, 5.74) is 3.49. The Morgan fingerprint density at radius 1 is 1.17 bits per heavy atom. The third-order valence-corrected chi connectivity index (χ3v) is 4.41. The molecule has 0 aliphatic rings. The molecule has 7 heteroatoms. The molecule has 0 fully saturated rings. The van der Waals surface area contributed by atoms with Crippen molar-refractivity contribution >= 4 is 11.9 Å². The summed E-state index contributed by atoms with van der Waals surface area (Å²) in [7, 11) is 0. The van der Waals surface area contributed by atoms with Crippen LogP contribution in [0.5, 0.6) is 0 Å². The number of nitrogens with zero attached hydrogens (tertiary/aromatic N) is 2. The lowest BCUT2D eigenvalue weighted by molar-refractivity contribution is -0.147. The SMILES string of the molecule is CCc1ccc(-c2noc(COC(=O)[C@H](C)NC(=O)c3cccc(C)c3)n2)cc1. The summed E-state index contributed by atoms with van der Waals surface area (Å²) in [6.07, 6.45) is 0.951. The molecule has 0 bridgehead atoms. The van der Waals surface area contributed by atoms with Crippen LogP contribution in [0.15, 0.2) is 53.1 Å². The van der Waals surface area contributed by atoms with Crippen molar-refractivity contribution in [3.8, 4) is 11.4 Å². The first kappa shape index (κ1) is 20.3. The first-order valence-electron chi connectivity index (χ1n) is 9.42. The van der Waals surface area contributed by atoms with Gasteiger partial charge in [0, 0.05) is 11.1 Å². The van der Waals surface area contributed by atoms with Crippen LogP contribution in [0.2, 0.25) is 0 Å². The molecular formula is C22H23N3O4. The molecule has 3 aromatic rings. The number of carbonyl (C=O) groups excluding carboxylic acids is 2. The summed E-state index contributed by atoms with van der Waals surface area (Å²) in [4.78, 5) is 28.6. The Morgan fingerprint density at radius 2 is 1.93 bits per heavy atom. The molecule has 3 rings (SSSR count). The van der Waals surface area contributed by atoms with Crippen LogP contribution in [0.3, 0.4) is 0 Å². The zero-order chi connectivity index (χ0) is 20.8. The molecule has 1 heterocycles. The van der Waals surface area contributed by atoms with Gasteiger partial charge in [-0.3, -0.25) is 4.79 Å². The molecular weight excluding hydrogens is 370 g/mol. The van der Waals surface area contributed by atoms with E-state index in [2.05, 4.69) is 22.4 Å². The number of hydrogen-bond donors (Lipinski definition) is 1. The maximum Gasteiger partial charge on any atom is 0.328 e. The number of aryl methyl sites for hydroxylation is 2.